The Morgan fingerprint density at radius 1 is 1.20 bits per heavy atom. The summed E-state index contributed by atoms with van der Waals surface area (Å²) in [5.41, 5.74) is 0.872. The fourth-order valence-corrected chi connectivity index (χ4v) is 3.83. The summed E-state index contributed by atoms with van der Waals surface area (Å²) >= 11 is 0. The maximum absolute atomic E-state index is 13.3. The molecular formula is C25H35NO4. The van der Waals surface area contributed by atoms with E-state index >= 15 is 0 Å². The molecular weight excluding hydrogens is 378 g/mol. The zero-order chi connectivity index (χ0) is 22.1. The topological polar surface area (TPSA) is 72.5 Å². The Labute approximate surface area is 180 Å². The van der Waals surface area contributed by atoms with Gasteiger partial charge in [0, 0.05) is 12.3 Å². The van der Waals surface area contributed by atoms with Crippen LogP contribution in [0.3, 0.4) is 0 Å². The fourth-order valence-electron chi connectivity index (χ4n) is 3.83. The van der Waals surface area contributed by atoms with E-state index in [1.807, 2.05) is 24.3 Å². The average molecular weight is 414 g/mol. The summed E-state index contributed by atoms with van der Waals surface area (Å²) in [6, 6.07) is 6.62. The van der Waals surface area contributed by atoms with E-state index < -0.39 is 11.8 Å². The highest BCUT2D eigenvalue weighted by Gasteiger charge is 2.31. The predicted molar refractivity (Wildman–Crippen MR) is 118 cm³/mol. The highest BCUT2D eigenvalue weighted by Crippen LogP contribution is 2.28. The van der Waals surface area contributed by atoms with Crippen molar-refractivity contribution in [1.82, 2.24) is 5.32 Å². The summed E-state index contributed by atoms with van der Waals surface area (Å²) in [4.78, 5) is 36.8. The summed E-state index contributed by atoms with van der Waals surface area (Å²) < 4.78 is 5.87. The van der Waals surface area contributed by atoms with Crippen LogP contribution in [0.2, 0.25) is 0 Å². The summed E-state index contributed by atoms with van der Waals surface area (Å²) in [6.45, 7) is 9.01. The van der Waals surface area contributed by atoms with Crippen molar-refractivity contribution in [1.29, 1.82) is 0 Å². The minimum atomic E-state index is -0.853. The fraction of sp³-hybridized carbons (Fsp3) is 0.560. The molecule has 0 saturated carbocycles. The van der Waals surface area contributed by atoms with Crippen LogP contribution in [0.5, 0.6) is 5.75 Å². The number of benzene rings is 1. The van der Waals surface area contributed by atoms with Crippen LogP contribution in [-0.4, -0.2) is 30.6 Å². The Balaban J connectivity index is 2.38. The van der Waals surface area contributed by atoms with Crippen molar-refractivity contribution in [3.05, 3.63) is 42.0 Å². The van der Waals surface area contributed by atoms with Crippen molar-refractivity contribution >= 4 is 18.0 Å². The maximum atomic E-state index is 13.3. The molecule has 30 heavy (non-hydrogen) atoms. The number of rotatable bonds is 6. The van der Waals surface area contributed by atoms with Crippen molar-refractivity contribution < 1.29 is 19.1 Å². The second-order valence-corrected chi connectivity index (χ2v) is 8.95. The highest BCUT2D eigenvalue weighted by atomic mass is 16.5. The van der Waals surface area contributed by atoms with Gasteiger partial charge >= 0.3 is 0 Å². The molecule has 5 nitrogen and oxygen atoms in total. The smallest absolute Gasteiger partial charge is 0.224 e. The molecule has 0 spiro atoms. The number of allylic oxidation sites excluding steroid dienone is 2. The minimum Gasteiger partial charge on any atom is -0.494 e. The van der Waals surface area contributed by atoms with Gasteiger partial charge in [-0.05, 0) is 54.7 Å². The number of aldehydes is 1. The van der Waals surface area contributed by atoms with Crippen LogP contribution >= 0.6 is 0 Å². The Morgan fingerprint density at radius 2 is 1.90 bits per heavy atom. The van der Waals surface area contributed by atoms with Crippen LogP contribution in [0.1, 0.15) is 52.5 Å². The van der Waals surface area contributed by atoms with E-state index in [0.717, 1.165) is 30.6 Å². The third-order valence-electron chi connectivity index (χ3n) is 5.41. The largest absolute Gasteiger partial charge is 0.494 e. The molecule has 3 atom stereocenters. The van der Waals surface area contributed by atoms with Crippen LogP contribution in [0.25, 0.3) is 0 Å². The van der Waals surface area contributed by atoms with Gasteiger partial charge in [0.2, 0.25) is 11.7 Å². The first-order valence-corrected chi connectivity index (χ1v) is 11.0. The zero-order valence-electron chi connectivity index (χ0n) is 18.6. The lowest BCUT2D eigenvalue weighted by molar-refractivity contribution is -0.134. The molecule has 1 aromatic carbocycles. The Hall–Kier alpha value is -2.43. The maximum Gasteiger partial charge on any atom is 0.224 e. The molecule has 164 valence electrons. The highest BCUT2D eigenvalue weighted by molar-refractivity contribution is 6.28. The molecule has 2 bridgehead atoms. The molecule has 0 fully saturated rings. The van der Waals surface area contributed by atoms with E-state index in [2.05, 4.69) is 45.2 Å². The number of fused-ring (bicyclic) bond motifs is 11. The number of carbonyl (C=O) groups is 3. The molecule has 0 unspecified atom stereocenters. The first-order valence-electron chi connectivity index (χ1n) is 11.0. The van der Waals surface area contributed by atoms with E-state index in [1.165, 1.54) is 0 Å². The van der Waals surface area contributed by atoms with Gasteiger partial charge in [-0.2, -0.15) is 0 Å². The lowest BCUT2D eigenvalue weighted by Crippen LogP contribution is -2.47. The Bertz CT molecular complexity index is 736. The van der Waals surface area contributed by atoms with Gasteiger partial charge in [0.05, 0.1) is 12.6 Å². The van der Waals surface area contributed by atoms with Gasteiger partial charge in [0.15, 0.2) is 6.29 Å². The molecule has 3 rings (SSSR count). The van der Waals surface area contributed by atoms with Gasteiger partial charge in [-0.3, -0.25) is 14.4 Å². The summed E-state index contributed by atoms with van der Waals surface area (Å²) in [7, 11) is 0. The number of ether oxygens (including phenoxy) is 1. The SMILES string of the molecule is CC(C)/C=C/[C@H]1CCCOc2ccc(cc2)C[C@@H](C(=O)C=O)NC(=O)[C@@H]1CC(C)C. The van der Waals surface area contributed by atoms with Crippen molar-refractivity contribution in [3.8, 4) is 5.75 Å². The third kappa shape index (κ3) is 7.43. The van der Waals surface area contributed by atoms with Gasteiger partial charge in [0.1, 0.15) is 5.75 Å². The number of hydrogen-bond acceptors (Lipinski definition) is 4. The lowest BCUT2D eigenvalue weighted by atomic mass is 9.81. The van der Waals surface area contributed by atoms with Gasteiger partial charge in [-0.1, -0.05) is 52.0 Å². The molecule has 0 aromatic heterocycles. The molecule has 2 aliphatic heterocycles. The van der Waals surface area contributed by atoms with Gasteiger partial charge < -0.3 is 10.1 Å². The number of carbonyl (C=O) groups excluding carboxylic acids is 3. The van der Waals surface area contributed by atoms with Crippen molar-refractivity contribution in [3.63, 3.8) is 0 Å². The monoisotopic (exact) mass is 413 g/mol. The van der Waals surface area contributed by atoms with E-state index in [-0.39, 0.29) is 24.2 Å². The molecule has 2 aliphatic rings. The van der Waals surface area contributed by atoms with Gasteiger partial charge in [-0.15, -0.1) is 0 Å². The second kappa shape index (κ2) is 11.7. The Kier molecular flexibility index (Phi) is 9.28. The molecule has 2 heterocycles. The quantitative estimate of drug-likeness (QED) is 0.432. The Morgan fingerprint density at radius 3 is 2.50 bits per heavy atom. The second-order valence-electron chi connectivity index (χ2n) is 8.95. The first kappa shape index (κ1) is 23.8. The predicted octanol–water partition coefficient (Wildman–Crippen LogP) is 4.15. The van der Waals surface area contributed by atoms with E-state index in [9.17, 15) is 14.4 Å². The standard InChI is InChI=1S/C25H35NO4/c1-17(2)7-10-20-6-5-13-30-21-11-8-19(9-12-21)15-23(24(28)16-27)26-25(29)22(20)14-18(3)4/h7-12,16-18,20,22-23H,5-6,13-15H2,1-4H3,(H,26,29)/b10-7+/t20-,22-,23+/m1/s1. The van der Waals surface area contributed by atoms with Crippen molar-refractivity contribution in [2.24, 2.45) is 23.7 Å². The number of nitrogens with one attached hydrogen (secondary N) is 1. The summed E-state index contributed by atoms with van der Waals surface area (Å²) in [6.07, 6.45) is 7.24. The van der Waals surface area contributed by atoms with Crippen molar-refractivity contribution in [2.75, 3.05) is 6.61 Å². The zero-order valence-corrected chi connectivity index (χ0v) is 18.6. The van der Waals surface area contributed by atoms with E-state index in [0.29, 0.717) is 24.7 Å². The van der Waals surface area contributed by atoms with E-state index in [1.54, 1.807) is 0 Å². The molecule has 1 amide bonds. The van der Waals surface area contributed by atoms with Crippen LogP contribution in [0.4, 0.5) is 0 Å². The average Bonchev–Trinajstić information content (AvgIpc) is 2.71. The number of ketones is 1. The molecule has 0 radical (unpaired) electrons. The van der Waals surface area contributed by atoms with Crippen molar-refractivity contribution in [2.45, 2.75) is 59.4 Å². The number of Topliss-reactive ketones (excluding diaryl/α,β-unsaturated/α-hetero) is 1. The van der Waals surface area contributed by atoms with E-state index in [4.69, 9.17) is 4.74 Å². The van der Waals surface area contributed by atoms with Crippen LogP contribution in [0, 0.1) is 23.7 Å². The number of amides is 1. The molecule has 0 saturated heterocycles. The van der Waals surface area contributed by atoms with Crippen LogP contribution in [0.15, 0.2) is 36.4 Å². The number of hydrogen-bond donors (Lipinski definition) is 1. The summed E-state index contributed by atoms with van der Waals surface area (Å²) in [5.74, 6) is 0.536. The van der Waals surface area contributed by atoms with Gasteiger partial charge in [0.25, 0.3) is 0 Å². The third-order valence-corrected chi connectivity index (χ3v) is 5.41. The first-order chi connectivity index (χ1) is 14.3. The molecule has 1 N–H and O–H groups in total. The molecule has 1 aromatic rings. The van der Waals surface area contributed by atoms with Gasteiger partial charge in [-0.25, -0.2) is 0 Å². The van der Waals surface area contributed by atoms with Crippen LogP contribution < -0.4 is 10.1 Å². The minimum absolute atomic E-state index is 0.0502. The summed E-state index contributed by atoms with van der Waals surface area (Å²) in [5, 5.41) is 2.90. The normalized spacial score (nSPS) is 23.3. The molecule has 0 aliphatic carbocycles. The molecule has 5 heteroatoms. The van der Waals surface area contributed by atoms with Crippen LogP contribution in [-0.2, 0) is 20.8 Å². The lowest BCUT2D eigenvalue weighted by Gasteiger charge is -2.28.